The van der Waals surface area contributed by atoms with Gasteiger partial charge in [-0.3, -0.25) is 0 Å². The zero-order valence-electron chi connectivity index (χ0n) is 11.2. The minimum absolute atomic E-state index is 0.103. The lowest BCUT2D eigenvalue weighted by Crippen LogP contribution is -2.55. The first-order valence-electron chi connectivity index (χ1n) is 6.66. The molecule has 1 heterocycles. The van der Waals surface area contributed by atoms with E-state index in [1.54, 1.807) is 0 Å². The van der Waals surface area contributed by atoms with Crippen molar-refractivity contribution in [1.29, 1.82) is 0 Å². The molecule has 0 aromatic rings. The molecule has 94 valence electrons. The first-order chi connectivity index (χ1) is 7.36. The zero-order chi connectivity index (χ0) is 12.1. The van der Waals surface area contributed by atoms with Crippen LogP contribution in [0.4, 0.5) is 0 Å². The third-order valence-corrected chi connectivity index (χ3v) is 6.85. The summed E-state index contributed by atoms with van der Waals surface area (Å²) in [6.45, 7) is 11.6. The molecule has 0 radical (unpaired) electrons. The number of aliphatic hydroxyl groups is 1. The van der Waals surface area contributed by atoms with Gasteiger partial charge in [-0.05, 0) is 41.3 Å². The van der Waals surface area contributed by atoms with Crippen molar-refractivity contribution in [3.8, 4) is 0 Å². The second-order valence-corrected chi connectivity index (χ2v) is 7.95. The van der Waals surface area contributed by atoms with Crippen molar-refractivity contribution >= 4 is 11.8 Å². The second kappa shape index (κ2) is 4.20. The van der Waals surface area contributed by atoms with Gasteiger partial charge in [0, 0.05) is 5.25 Å². The van der Waals surface area contributed by atoms with Crippen LogP contribution in [0.1, 0.15) is 41.0 Å². The Labute approximate surface area is 104 Å². The molecule has 1 saturated carbocycles. The SMILES string of the molecule is CC1C(C)C2SCCC(C)(C)C2C(C)C1O. The van der Waals surface area contributed by atoms with E-state index in [9.17, 15) is 5.11 Å². The Bertz CT molecular complexity index is 263. The fourth-order valence-electron chi connectivity index (χ4n) is 3.96. The average molecular weight is 242 g/mol. The summed E-state index contributed by atoms with van der Waals surface area (Å²) in [5, 5.41) is 11.1. The van der Waals surface area contributed by atoms with Crippen LogP contribution in [0.3, 0.4) is 0 Å². The van der Waals surface area contributed by atoms with Crippen LogP contribution >= 0.6 is 11.8 Å². The van der Waals surface area contributed by atoms with Crippen LogP contribution in [0.2, 0.25) is 0 Å². The van der Waals surface area contributed by atoms with Gasteiger partial charge in [0.2, 0.25) is 0 Å². The maximum absolute atomic E-state index is 10.4. The molecule has 0 bridgehead atoms. The largest absolute Gasteiger partial charge is 0.393 e. The number of hydrogen-bond donors (Lipinski definition) is 1. The normalized spacial score (nSPS) is 52.1. The highest BCUT2D eigenvalue weighted by molar-refractivity contribution is 8.00. The third kappa shape index (κ3) is 1.82. The van der Waals surface area contributed by atoms with Crippen molar-refractivity contribution in [2.75, 3.05) is 5.75 Å². The van der Waals surface area contributed by atoms with Gasteiger partial charge in [0.05, 0.1) is 6.10 Å². The van der Waals surface area contributed by atoms with Crippen LogP contribution in [-0.2, 0) is 0 Å². The second-order valence-electron chi connectivity index (χ2n) is 6.67. The highest BCUT2D eigenvalue weighted by Crippen LogP contribution is 2.55. The lowest BCUT2D eigenvalue weighted by molar-refractivity contribution is -0.0610. The maximum atomic E-state index is 10.4. The van der Waals surface area contributed by atoms with Gasteiger partial charge in [-0.25, -0.2) is 0 Å². The summed E-state index contributed by atoms with van der Waals surface area (Å²) in [5.41, 5.74) is 0.407. The molecular weight excluding hydrogens is 216 g/mol. The molecule has 1 aliphatic heterocycles. The quantitative estimate of drug-likeness (QED) is 0.702. The number of rotatable bonds is 0. The van der Waals surface area contributed by atoms with E-state index in [4.69, 9.17) is 0 Å². The molecule has 2 rings (SSSR count). The van der Waals surface area contributed by atoms with Crippen LogP contribution in [0, 0.1) is 29.1 Å². The summed E-state index contributed by atoms with van der Waals surface area (Å²) in [6.07, 6.45) is 1.20. The van der Waals surface area contributed by atoms with Crippen molar-refractivity contribution in [3.05, 3.63) is 0 Å². The summed E-state index contributed by atoms with van der Waals surface area (Å²) in [6, 6.07) is 0. The van der Waals surface area contributed by atoms with Crippen molar-refractivity contribution in [1.82, 2.24) is 0 Å². The molecule has 16 heavy (non-hydrogen) atoms. The van der Waals surface area contributed by atoms with Gasteiger partial charge in [-0.1, -0.05) is 34.6 Å². The molecule has 1 saturated heterocycles. The Kier molecular flexibility index (Phi) is 3.35. The fraction of sp³-hybridized carbons (Fsp3) is 1.00. The highest BCUT2D eigenvalue weighted by Gasteiger charge is 2.51. The van der Waals surface area contributed by atoms with E-state index in [0.29, 0.717) is 29.1 Å². The summed E-state index contributed by atoms with van der Waals surface area (Å²) < 4.78 is 0. The molecule has 2 fully saturated rings. The van der Waals surface area contributed by atoms with Gasteiger partial charge >= 0.3 is 0 Å². The van der Waals surface area contributed by atoms with E-state index >= 15 is 0 Å². The van der Waals surface area contributed by atoms with Gasteiger partial charge in [-0.2, -0.15) is 11.8 Å². The molecule has 2 heteroatoms. The Morgan fingerprint density at radius 2 is 1.69 bits per heavy atom. The molecule has 0 amide bonds. The van der Waals surface area contributed by atoms with Crippen molar-refractivity contribution < 1.29 is 5.11 Å². The lowest BCUT2D eigenvalue weighted by Gasteiger charge is -2.55. The van der Waals surface area contributed by atoms with Crippen LogP contribution in [0.25, 0.3) is 0 Å². The number of fused-ring (bicyclic) bond motifs is 1. The summed E-state index contributed by atoms with van der Waals surface area (Å²) in [7, 11) is 0. The summed E-state index contributed by atoms with van der Waals surface area (Å²) in [4.78, 5) is 0. The smallest absolute Gasteiger partial charge is 0.0597 e. The van der Waals surface area contributed by atoms with E-state index in [1.165, 1.54) is 12.2 Å². The van der Waals surface area contributed by atoms with E-state index in [0.717, 1.165) is 5.25 Å². The standard InChI is InChI=1S/C14H26OS/c1-8-9(2)13-11(10(3)12(8)15)14(4,5)6-7-16-13/h8-13,15H,6-7H2,1-5H3. The van der Waals surface area contributed by atoms with Crippen LogP contribution in [0.5, 0.6) is 0 Å². The summed E-state index contributed by atoms with van der Waals surface area (Å²) >= 11 is 2.16. The van der Waals surface area contributed by atoms with E-state index in [1.807, 2.05) is 0 Å². The zero-order valence-corrected chi connectivity index (χ0v) is 12.1. The predicted molar refractivity (Wildman–Crippen MR) is 71.6 cm³/mol. The minimum Gasteiger partial charge on any atom is -0.393 e. The third-order valence-electron chi connectivity index (χ3n) is 5.30. The monoisotopic (exact) mass is 242 g/mol. The van der Waals surface area contributed by atoms with E-state index < -0.39 is 0 Å². The number of hydrogen-bond acceptors (Lipinski definition) is 2. The van der Waals surface area contributed by atoms with Crippen LogP contribution in [-0.4, -0.2) is 22.2 Å². The first kappa shape index (κ1) is 12.8. The van der Waals surface area contributed by atoms with E-state index in [-0.39, 0.29) is 6.10 Å². The summed E-state index contributed by atoms with van der Waals surface area (Å²) in [5.74, 6) is 3.55. The minimum atomic E-state index is -0.103. The molecular formula is C14H26OS. The van der Waals surface area contributed by atoms with E-state index in [2.05, 4.69) is 46.4 Å². The van der Waals surface area contributed by atoms with Crippen LogP contribution < -0.4 is 0 Å². The van der Waals surface area contributed by atoms with Gasteiger partial charge in [0.15, 0.2) is 0 Å². The topological polar surface area (TPSA) is 20.2 Å². The van der Waals surface area contributed by atoms with Crippen molar-refractivity contribution in [2.24, 2.45) is 29.1 Å². The van der Waals surface area contributed by atoms with Crippen molar-refractivity contribution in [3.63, 3.8) is 0 Å². The molecule has 1 aliphatic carbocycles. The number of thioether (sulfide) groups is 1. The molecule has 1 N–H and O–H groups in total. The fourth-order valence-corrected chi connectivity index (χ4v) is 6.26. The molecule has 6 atom stereocenters. The molecule has 0 aromatic carbocycles. The molecule has 0 aromatic heterocycles. The molecule has 2 aliphatic rings. The van der Waals surface area contributed by atoms with Gasteiger partial charge in [-0.15, -0.1) is 0 Å². The highest BCUT2D eigenvalue weighted by atomic mass is 32.2. The Hall–Kier alpha value is 0.310. The molecule has 6 unspecified atom stereocenters. The van der Waals surface area contributed by atoms with Crippen LogP contribution in [0.15, 0.2) is 0 Å². The predicted octanol–water partition coefficient (Wildman–Crippen LogP) is 3.42. The Balaban J connectivity index is 2.30. The molecule has 1 nitrogen and oxygen atoms in total. The Morgan fingerprint density at radius 3 is 2.31 bits per heavy atom. The number of aliphatic hydroxyl groups excluding tert-OH is 1. The lowest BCUT2D eigenvalue weighted by atomic mass is 9.58. The van der Waals surface area contributed by atoms with Gasteiger partial charge in [0.1, 0.15) is 0 Å². The maximum Gasteiger partial charge on any atom is 0.0597 e. The van der Waals surface area contributed by atoms with Gasteiger partial charge in [0.25, 0.3) is 0 Å². The Morgan fingerprint density at radius 1 is 1.06 bits per heavy atom. The van der Waals surface area contributed by atoms with Crippen molar-refractivity contribution in [2.45, 2.75) is 52.4 Å². The average Bonchev–Trinajstić information content (AvgIpc) is 2.21. The first-order valence-corrected chi connectivity index (χ1v) is 7.71. The van der Waals surface area contributed by atoms with Gasteiger partial charge < -0.3 is 5.11 Å². The molecule has 0 spiro atoms.